The highest BCUT2D eigenvalue weighted by Gasteiger charge is 2.23. The maximum atomic E-state index is 6.69. The summed E-state index contributed by atoms with van der Waals surface area (Å²) in [5, 5.41) is 3.01. The zero-order valence-electron chi connectivity index (χ0n) is 17.3. The van der Waals surface area contributed by atoms with E-state index in [9.17, 15) is 0 Å². The molecule has 5 rings (SSSR count). The van der Waals surface area contributed by atoms with Gasteiger partial charge >= 0.3 is 0 Å². The standard InChI is InChI=1S/C27H21ClNO2/c1-30-20-12-10-18(11-13-20)25-8-5-9-26-22-7-4-3-6-19(22)16-27(29(25)26)23-17-21(31-2)14-15-24(23)28/h3-17H,1-2H3/q+1. The third-order valence-electron chi connectivity index (χ3n) is 5.60. The number of benzene rings is 3. The highest BCUT2D eigenvalue weighted by Crippen LogP contribution is 2.33. The molecule has 0 aliphatic rings. The predicted octanol–water partition coefficient (Wildman–Crippen LogP) is 6.58. The lowest BCUT2D eigenvalue weighted by atomic mass is 10.0. The SMILES string of the molecule is COc1ccc(-c2cccc3c4ccccc4cc(-c4cc(OC)ccc4Cl)[n+]23)cc1. The number of hydrogen-bond donors (Lipinski definition) is 0. The van der Waals surface area contributed by atoms with Gasteiger partial charge < -0.3 is 9.47 Å². The molecule has 0 radical (unpaired) electrons. The number of nitrogens with zero attached hydrogens (tertiary/aromatic N) is 1. The van der Waals surface area contributed by atoms with E-state index in [-0.39, 0.29) is 0 Å². The summed E-state index contributed by atoms with van der Waals surface area (Å²) in [5.74, 6) is 1.60. The van der Waals surface area contributed by atoms with E-state index in [2.05, 4.69) is 65.1 Å². The van der Waals surface area contributed by atoms with Gasteiger partial charge in [-0.05, 0) is 60.0 Å². The van der Waals surface area contributed by atoms with Crippen molar-refractivity contribution in [1.29, 1.82) is 0 Å². The van der Waals surface area contributed by atoms with Crippen LogP contribution in [0.25, 0.3) is 38.8 Å². The predicted molar refractivity (Wildman–Crippen MR) is 126 cm³/mol. The second-order valence-electron chi connectivity index (χ2n) is 7.32. The van der Waals surface area contributed by atoms with Crippen LogP contribution in [0.5, 0.6) is 11.5 Å². The number of aromatic nitrogens is 1. The molecule has 0 N–H and O–H groups in total. The Balaban J connectivity index is 1.91. The fourth-order valence-corrected chi connectivity index (χ4v) is 4.27. The molecule has 0 atom stereocenters. The Morgan fingerprint density at radius 2 is 1.42 bits per heavy atom. The number of hydrogen-bond acceptors (Lipinski definition) is 2. The van der Waals surface area contributed by atoms with Gasteiger partial charge in [0, 0.05) is 23.8 Å². The molecule has 0 saturated heterocycles. The molecule has 0 unspecified atom stereocenters. The summed E-state index contributed by atoms with van der Waals surface area (Å²) in [7, 11) is 3.35. The van der Waals surface area contributed by atoms with Gasteiger partial charge in [-0.2, -0.15) is 4.40 Å². The maximum Gasteiger partial charge on any atom is 0.221 e. The van der Waals surface area contributed by atoms with Crippen molar-refractivity contribution in [3.05, 3.63) is 96.0 Å². The lowest BCUT2D eigenvalue weighted by molar-refractivity contribution is -0.485. The Labute approximate surface area is 186 Å². The number of fused-ring (bicyclic) bond motifs is 3. The van der Waals surface area contributed by atoms with Gasteiger partial charge in [-0.15, -0.1) is 0 Å². The van der Waals surface area contributed by atoms with Gasteiger partial charge in [-0.25, -0.2) is 0 Å². The van der Waals surface area contributed by atoms with Gasteiger partial charge in [0.1, 0.15) is 11.5 Å². The molecule has 0 amide bonds. The van der Waals surface area contributed by atoms with Crippen LogP contribution in [0.2, 0.25) is 5.02 Å². The monoisotopic (exact) mass is 426 g/mol. The minimum absolute atomic E-state index is 0.675. The van der Waals surface area contributed by atoms with E-state index in [1.165, 1.54) is 5.39 Å². The molecule has 31 heavy (non-hydrogen) atoms. The third-order valence-corrected chi connectivity index (χ3v) is 5.92. The summed E-state index contributed by atoms with van der Waals surface area (Å²) < 4.78 is 13.1. The first-order chi connectivity index (χ1) is 15.2. The maximum absolute atomic E-state index is 6.69. The van der Waals surface area contributed by atoms with Crippen molar-refractivity contribution in [3.8, 4) is 34.0 Å². The molecule has 0 aliphatic carbocycles. The first kappa shape index (κ1) is 19.4. The van der Waals surface area contributed by atoms with Gasteiger partial charge in [0.25, 0.3) is 0 Å². The van der Waals surface area contributed by atoms with Crippen LogP contribution in [-0.4, -0.2) is 14.2 Å². The smallest absolute Gasteiger partial charge is 0.221 e. The van der Waals surface area contributed by atoms with Crippen molar-refractivity contribution < 1.29 is 13.9 Å². The summed E-state index contributed by atoms with van der Waals surface area (Å²) in [5.41, 5.74) is 5.19. The fourth-order valence-electron chi connectivity index (χ4n) is 4.06. The van der Waals surface area contributed by atoms with Crippen molar-refractivity contribution >= 4 is 27.9 Å². The molecule has 0 spiro atoms. The Morgan fingerprint density at radius 1 is 0.677 bits per heavy atom. The summed E-state index contributed by atoms with van der Waals surface area (Å²) in [6.45, 7) is 0. The highest BCUT2D eigenvalue weighted by molar-refractivity contribution is 6.33. The van der Waals surface area contributed by atoms with Gasteiger partial charge in [-0.1, -0.05) is 29.8 Å². The average molecular weight is 427 g/mol. The minimum Gasteiger partial charge on any atom is -0.497 e. The van der Waals surface area contributed by atoms with Crippen LogP contribution in [0.4, 0.5) is 0 Å². The number of rotatable bonds is 4. The van der Waals surface area contributed by atoms with Crippen LogP contribution in [0, 0.1) is 0 Å². The second-order valence-corrected chi connectivity index (χ2v) is 7.73. The Hall–Kier alpha value is -3.56. The molecule has 4 heteroatoms. The topological polar surface area (TPSA) is 22.6 Å². The molecule has 3 nitrogen and oxygen atoms in total. The van der Waals surface area contributed by atoms with Crippen LogP contribution >= 0.6 is 11.6 Å². The normalized spacial score (nSPS) is 11.1. The highest BCUT2D eigenvalue weighted by atomic mass is 35.5. The summed E-state index contributed by atoms with van der Waals surface area (Å²) >= 11 is 6.69. The second kappa shape index (κ2) is 7.93. The molecule has 5 aromatic rings. The van der Waals surface area contributed by atoms with Crippen molar-refractivity contribution in [2.24, 2.45) is 0 Å². The van der Waals surface area contributed by atoms with Gasteiger partial charge in [0.15, 0.2) is 0 Å². The lowest BCUT2D eigenvalue weighted by Gasteiger charge is -2.10. The Kier molecular flexibility index (Phi) is 4.97. The molecule has 0 saturated carbocycles. The zero-order valence-corrected chi connectivity index (χ0v) is 18.1. The molecule has 2 heterocycles. The largest absolute Gasteiger partial charge is 0.497 e. The first-order valence-electron chi connectivity index (χ1n) is 10.0. The van der Waals surface area contributed by atoms with Crippen molar-refractivity contribution in [2.45, 2.75) is 0 Å². The minimum atomic E-state index is 0.675. The van der Waals surface area contributed by atoms with E-state index in [1.54, 1.807) is 14.2 Å². The number of ether oxygens (including phenoxy) is 2. The van der Waals surface area contributed by atoms with Crippen LogP contribution in [0.1, 0.15) is 0 Å². The lowest BCUT2D eigenvalue weighted by Crippen LogP contribution is -2.28. The summed E-state index contributed by atoms with van der Waals surface area (Å²) in [4.78, 5) is 0. The summed E-state index contributed by atoms with van der Waals surface area (Å²) in [6, 6.07) is 30.8. The molecule has 2 aromatic heterocycles. The van der Waals surface area contributed by atoms with Crippen LogP contribution in [0.15, 0.2) is 91.0 Å². The van der Waals surface area contributed by atoms with E-state index in [0.717, 1.165) is 44.9 Å². The third kappa shape index (κ3) is 3.37. The van der Waals surface area contributed by atoms with Crippen molar-refractivity contribution in [1.82, 2.24) is 0 Å². The van der Waals surface area contributed by atoms with E-state index in [0.29, 0.717) is 5.02 Å². The molecule has 3 aromatic carbocycles. The average Bonchev–Trinajstić information content (AvgIpc) is 2.83. The van der Waals surface area contributed by atoms with Gasteiger partial charge in [0.2, 0.25) is 16.9 Å². The van der Waals surface area contributed by atoms with Crippen molar-refractivity contribution in [2.75, 3.05) is 14.2 Å². The number of methoxy groups -OCH3 is 2. The fraction of sp³-hybridized carbons (Fsp3) is 0.0741. The van der Waals surface area contributed by atoms with Gasteiger partial charge in [0.05, 0.1) is 30.2 Å². The molecule has 152 valence electrons. The Bertz CT molecular complexity index is 1410. The quantitative estimate of drug-likeness (QED) is 0.239. The van der Waals surface area contributed by atoms with E-state index < -0.39 is 0 Å². The molecule has 0 bridgehead atoms. The van der Waals surface area contributed by atoms with Crippen LogP contribution < -0.4 is 13.9 Å². The first-order valence-corrected chi connectivity index (χ1v) is 10.4. The Morgan fingerprint density at radius 3 is 2.19 bits per heavy atom. The van der Waals surface area contributed by atoms with Crippen molar-refractivity contribution in [3.63, 3.8) is 0 Å². The van der Waals surface area contributed by atoms with Gasteiger partial charge in [-0.3, -0.25) is 0 Å². The molecular formula is C27H21ClNO2+. The summed E-state index contributed by atoms with van der Waals surface area (Å²) in [6.07, 6.45) is 0. The zero-order chi connectivity index (χ0) is 21.4. The molecule has 0 aliphatic heterocycles. The van der Waals surface area contributed by atoms with Crippen LogP contribution in [0.3, 0.4) is 0 Å². The van der Waals surface area contributed by atoms with E-state index in [1.807, 2.05) is 30.3 Å². The number of halogens is 1. The number of pyridine rings is 2. The molecular weight excluding hydrogens is 406 g/mol. The molecule has 0 fully saturated rings. The van der Waals surface area contributed by atoms with E-state index >= 15 is 0 Å². The van der Waals surface area contributed by atoms with E-state index in [4.69, 9.17) is 21.1 Å². The van der Waals surface area contributed by atoms with Crippen LogP contribution in [-0.2, 0) is 0 Å².